The summed E-state index contributed by atoms with van der Waals surface area (Å²) in [6.07, 6.45) is 0. The molecule has 0 bridgehead atoms. The van der Waals surface area contributed by atoms with Crippen molar-refractivity contribution in [3.8, 4) is 5.75 Å². The first-order valence-corrected chi connectivity index (χ1v) is 6.19. The lowest BCUT2D eigenvalue weighted by molar-refractivity contribution is -0.386. The number of benzene rings is 1. The van der Waals surface area contributed by atoms with E-state index >= 15 is 0 Å². The van der Waals surface area contributed by atoms with Crippen molar-refractivity contribution in [2.75, 3.05) is 13.7 Å². The van der Waals surface area contributed by atoms with Gasteiger partial charge in [0.05, 0.1) is 9.40 Å². The SMILES string of the molecule is CNC(C)(COc1cc(F)c(Br)cc1[N+](=O)[O-])C(=O)O. The summed E-state index contributed by atoms with van der Waals surface area (Å²) in [4.78, 5) is 21.2. The molecule has 0 aromatic heterocycles. The molecule has 9 heteroatoms. The summed E-state index contributed by atoms with van der Waals surface area (Å²) in [5, 5.41) is 22.4. The van der Waals surface area contributed by atoms with Crippen LogP contribution in [-0.4, -0.2) is 35.2 Å². The van der Waals surface area contributed by atoms with Gasteiger partial charge in [0.15, 0.2) is 5.75 Å². The third-order valence-corrected chi connectivity index (χ3v) is 3.35. The third-order valence-electron chi connectivity index (χ3n) is 2.74. The number of hydrogen-bond donors (Lipinski definition) is 2. The topological polar surface area (TPSA) is 102 Å². The average molecular weight is 351 g/mol. The van der Waals surface area contributed by atoms with Crippen molar-refractivity contribution in [3.05, 3.63) is 32.5 Å². The quantitative estimate of drug-likeness (QED) is 0.600. The molecule has 2 N–H and O–H groups in total. The predicted molar refractivity (Wildman–Crippen MR) is 71.3 cm³/mol. The molecule has 1 aromatic carbocycles. The molecule has 1 unspecified atom stereocenters. The van der Waals surface area contributed by atoms with Gasteiger partial charge in [-0.15, -0.1) is 0 Å². The highest BCUT2D eigenvalue weighted by molar-refractivity contribution is 9.10. The highest BCUT2D eigenvalue weighted by Crippen LogP contribution is 2.32. The number of nitro groups is 1. The Hall–Kier alpha value is -1.74. The summed E-state index contributed by atoms with van der Waals surface area (Å²) in [7, 11) is 1.41. The molecule has 110 valence electrons. The van der Waals surface area contributed by atoms with Gasteiger partial charge in [0, 0.05) is 12.1 Å². The normalized spacial score (nSPS) is 13.6. The Labute approximate surface area is 122 Å². The number of aliphatic carboxylic acids is 1. The van der Waals surface area contributed by atoms with Gasteiger partial charge in [0.25, 0.3) is 0 Å². The third kappa shape index (κ3) is 3.42. The van der Waals surface area contributed by atoms with E-state index in [1.54, 1.807) is 0 Å². The fraction of sp³-hybridized carbons (Fsp3) is 0.364. The molecule has 0 amide bonds. The van der Waals surface area contributed by atoms with Crippen LogP contribution in [0.5, 0.6) is 5.75 Å². The van der Waals surface area contributed by atoms with E-state index in [0.29, 0.717) is 0 Å². The number of halogens is 2. The van der Waals surface area contributed by atoms with Crippen molar-refractivity contribution in [3.63, 3.8) is 0 Å². The second-order valence-corrected chi connectivity index (χ2v) is 5.02. The Morgan fingerprint density at radius 3 is 2.70 bits per heavy atom. The second-order valence-electron chi connectivity index (χ2n) is 4.17. The summed E-state index contributed by atoms with van der Waals surface area (Å²) in [6, 6.07) is 1.79. The number of nitro benzene ring substituents is 1. The Balaban J connectivity index is 3.06. The van der Waals surface area contributed by atoms with E-state index in [2.05, 4.69) is 21.2 Å². The number of nitrogens with zero attached hydrogens (tertiary/aromatic N) is 1. The lowest BCUT2D eigenvalue weighted by atomic mass is 10.1. The predicted octanol–water partition coefficient (Wildman–Crippen LogP) is 1.94. The molecule has 1 atom stereocenters. The largest absolute Gasteiger partial charge is 0.484 e. The van der Waals surface area contributed by atoms with Gasteiger partial charge in [-0.3, -0.25) is 14.9 Å². The molecule has 0 fully saturated rings. The summed E-state index contributed by atoms with van der Waals surface area (Å²) in [5.74, 6) is -2.27. The van der Waals surface area contributed by atoms with Gasteiger partial charge in [-0.05, 0) is 29.9 Å². The van der Waals surface area contributed by atoms with Crippen LogP contribution in [0.25, 0.3) is 0 Å². The van der Waals surface area contributed by atoms with Crippen LogP contribution in [0.15, 0.2) is 16.6 Å². The number of carboxylic acid groups (broad SMARTS) is 1. The Bertz CT molecular complexity index is 554. The maximum absolute atomic E-state index is 13.4. The van der Waals surface area contributed by atoms with Crippen LogP contribution in [0.1, 0.15) is 6.92 Å². The van der Waals surface area contributed by atoms with Crippen LogP contribution >= 0.6 is 15.9 Å². The van der Waals surface area contributed by atoms with Crippen molar-refractivity contribution in [1.82, 2.24) is 5.32 Å². The summed E-state index contributed by atoms with van der Waals surface area (Å²) in [5.41, 5.74) is -1.90. The van der Waals surface area contributed by atoms with Crippen LogP contribution in [0.3, 0.4) is 0 Å². The highest BCUT2D eigenvalue weighted by Gasteiger charge is 2.33. The molecule has 0 spiro atoms. The molecule has 0 aliphatic heterocycles. The molecule has 0 saturated carbocycles. The van der Waals surface area contributed by atoms with Gasteiger partial charge in [0.1, 0.15) is 18.0 Å². The molecule has 0 aliphatic rings. The van der Waals surface area contributed by atoms with Gasteiger partial charge >= 0.3 is 11.7 Å². The van der Waals surface area contributed by atoms with E-state index in [1.165, 1.54) is 14.0 Å². The smallest absolute Gasteiger partial charge is 0.327 e. The van der Waals surface area contributed by atoms with Crippen molar-refractivity contribution in [2.24, 2.45) is 0 Å². The van der Waals surface area contributed by atoms with Crippen molar-refractivity contribution in [1.29, 1.82) is 0 Å². The van der Waals surface area contributed by atoms with Gasteiger partial charge in [0.2, 0.25) is 0 Å². The van der Waals surface area contributed by atoms with E-state index in [1.807, 2.05) is 0 Å². The van der Waals surface area contributed by atoms with Gasteiger partial charge in [-0.1, -0.05) is 0 Å². The maximum atomic E-state index is 13.4. The molecule has 0 aliphatic carbocycles. The first-order chi connectivity index (χ1) is 9.21. The Kier molecular flexibility index (Phi) is 5.01. The van der Waals surface area contributed by atoms with E-state index in [9.17, 15) is 19.3 Å². The van der Waals surface area contributed by atoms with Gasteiger partial charge in [-0.25, -0.2) is 4.39 Å². The number of likely N-dealkylation sites (N-methyl/N-ethyl adjacent to an activating group) is 1. The standard InChI is InChI=1S/C11H12BrFN2O5/c1-11(14-2,10(16)17)5-20-9-4-7(13)6(12)3-8(9)15(18)19/h3-4,14H,5H2,1-2H3,(H,16,17). The lowest BCUT2D eigenvalue weighted by Crippen LogP contribution is -2.52. The van der Waals surface area contributed by atoms with Gasteiger partial charge in [-0.2, -0.15) is 0 Å². The maximum Gasteiger partial charge on any atom is 0.327 e. The number of carboxylic acids is 1. The van der Waals surface area contributed by atoms with Crippen molar-refractivity contribution < 1.29 is 24.0 Å². The fourth-order valence-corrected chi connectivity index (χ4v) is 1.57. The highest BCUT2D eigenvalue weighted by atomic mass is 79.9. The zero-order valence-corrected chi connectivity index (χ0v) is 12.2. The second kappa shape index (κ2) is 6.14. The van der Waals surface area contributed by atoms with Crippen molar-refractivity contribution in [2.45, 2.75) is 12.5 Å². The van der Waals surface area contributed by atoms with Crippen LogP contribution < -0.4 is 10.1 Å². The van der Waals surface area contributed by atoms with Crippen LogP contribution in [0.2, 0.25) is 0 Å². The molecule has 1 rings (SSSR count). The minimum atomic E-state index is -1.45. The summed E-state index contributed by atoms with van der Waals surface area (Å²) >= 11 is 2.83. The number of hydrogen-bond acceptors (Lipinski definition) is 5. The zero-order valence-electron chi connectivity index (χ0n) is 10.6. The summed E-state index contributed by atoms with van der Waals surface area (Å²) in [6.45, 7) is 0.942. The van der Waals surface area contributed by atoms with Crippen LogP contribution in [0.4, 0.5) is 10.1 Å². The number of carbonyl (C=O) groups is 1. The molecule has 0 saturated heterocycles. The molecule has 0 radical (unpaired) electrons. The van der Waals surface area contributed by atoms with E-state index < -0.39 is 34.5 Å². The monoisotopic (exact) mass is 350 g/mol. The minimum absolute atomic E-state index is 0.0776. The van der Waals surface area contributed by atoms with Crippen LogP contribution in [0, 0.1) is 15.9 Å². The fourth-order valence-electron chi connectivity index (χ4n) is 1.24. The van der Waals surface area contributed by atoms with Crippen LogP contribution in [-0.2, 0) is 4.79 Å². The molecule has 20 heavy (non-hydrogen) atoms. The zero-order chi connectivity index (χ0) is 15.5. The molecule has 0 heterocycles. The number of rotatable bonds is 6. The number of ether oxygens (including phenoxy) is 1. The van der Waals surface area contributed by atoms with E-state index in [0.717, 1.165) is 12.1 Å². The first kappa shape index (κ1) is 16.3. The lowest BCUT2D eigenvalue weighted by Gasteiger charge is -2.24. The number of nitrogens with one attached hydrogen (secondary N) is 1. The first-order valence-electron chi connectivity index (χ1n) is 5.40. The molecular formula is C11H12BrFN2O5. The van der Waals surface area contributed by atoms with E-state index in [-0.39, 0.29) is 10.2 Å². The summed E-state index contributed by atoms with van der Waals surface area (Å²) < 4.78 is 18.4. The molecular weight excluding hydrogens is 339 g/mol. The Morgan fingerprint density at radius 1 is 1.65 bits per heavy atom. The molecule has 7 nitrogen and oxygen atoms in total. The van der Waals surface area contributed by atoms with E-state index in [4.69, 9.17) is 9.84 Å². The minimum Gasteiger partial charge on any atom is -0.484 e. The average Bonchev–Trinajstić information content (AvgIpc) is 2.38. The Morgan fingerprint density at radius 2 is 2.25 bits per heavy atom. The van der Waals surface area contributed by atoms with Crippen molar-refractivity contribution >= 4 is 27.6 Å². The van der Waals surface area contributed by atoms with Gasteiger partial charge < -0.3 is 15.2 Å². The molecule has 1 aromatic rings.